The Morgan fingerprint density at radius 1 is 1.41 bits per heavy atom. The van der Waals surface area contributed by atoms with Crippen LogP contribution in [0.2, 0.25) is 0 Å². The second-order valence-corrected chi connectivity index (χ2v) is 4.68. The molecule has 1 heterocycles. The fourth-order valence-corrected chi connectivity index (χ4v) is 2.35. The molecule has 94 valence electrons. The van der Waals surface area contributed by atoms with Crippen molar-refractivity contribution in [1.29, 1.82) is 0 Å². The van der Waals surface area contributed by atoms with E-state index < -0.39 is 0 Å². The normalized spacial score (nSPS) is 18.8. The number of hydrogen-bond acceptors (Lipinski definition) is 4. The molecule has 1 aromatic rings. The molecule has 0 aliphatic heterocycles. The second-order valence-electron chi connectivity index (χ2n) is 4.68. The molecule has 1 N–H and O–H groups in total. The molecule has 0 bridgehead atoms. The lowest BCUT2D eigenvalue weighted by molar-refractivity contribution is 0.322. The first-order valence-corrected chi connectivity index (χ1v) is 6.36. The lowest BCUT2D eigenvalue weighted by Gasteiger charge is -2.25. The fraction of sp³-hybridized carbons (Fsp3) is 0.692. The van der Waals surface area contributed by atoms with Gasteiger partial charge in [0.15, 0.2) is 0 Å². The number of methoxy groups -OCH3 is 1. The lowest BCUT2D eigenvalue weighted by atomic mass is 9.94. The first kappa shape index (κ1) is 12.3. The van der Waals surface area contributed by atoms with Crippen LogP contribution in [0.3, 0.4) is 0 Å². The molecule has 2 atom stereocenters. The third-order valence-corrected chi connectivity index (χ3v) is 3.49. The Morgan fingerprint density at radius 2 is 2.12 bits per heavy atom. The summed E-state index contributed by atoms with van der Waals surface area (Å²) in [6.45, 7) is 5.34. The van der Waals surface area contributed by atoms with Gasteiger partial charge in [-0.25, -0.2) is 4.98 Å². The summed E-state index contributed by atoms with van der Waals surface area (Å²) in [7, 11) is 1.65. The summed E-state index contributed by atoms with van der Waals surface area (Å²) in [6, 6.07) is 0.246. The Labute approximate surface area is 103 Å². The van der Waals surface area contributed by atoms with Crippen molar-refractivity contribution in [2.75, 3.05) is 13.7 Å². The van der Waals surface area contributed by atoms with Crippen LogP contribution in [-0.4, -0.2) is 23.6 Å². The van der Waals surface area contributed by atoms with Crippen LogP contribution in [0.1, 0.15) is 38.4 Å². The summed E-state index contributed by atoms with van der Waals surface area (Å²) in [6.07, 6.45) is 6.09. The SMILES string of the molecule is CCNC(c1nccnc1OC)C(C)C1CC1. The Hall–Kier alpha value is -1.16. The minimum absolute atomic E-state index is 0.246. The Kier molecular flexibility index (Phi) is 3.94. The van der Waals surface area contributed by atoms with E-state index in [1.165, 1.54) is 12.8 Å². The van der Waals surface area contributed by atoms with E-state index in [0.29, 0.717) is 11.8 Å². The van der Waals surface area contributed by atoms with Gasteiger partial charge in [-0.05, 0) is 31.2 Å². The van der Waals surface area contributed by atoms with Crippen molar-refractivity contribution in [3.63, 3.8) is 0 Å². The van der Waals surface area contributed by atoms with Crippen molar-refractivity contribution in [2.24, 2.45) is 11.8 Å². The zero-order valence-corrected chi connectivity index (χ0v) is 10.8. The standard InChI is InChI=1S/C13H21N3O/c1-4-14-11(9(2)10-5-6-10)12-13(17-3)16-8-7-15-12/h7-11,14H,4-6H2,1-3H3. The van der Waals surface area contributed by atoms with Gasteiger partial charge >= 0.3 is 0 Å². The van der Waals surface area contributed by atoms with Gasteiger partial charge in [0.2, 0.25) is 5.88 Å². The van der Waals surface area contributed by atoms with Gasteiger partial charge in [-0.1, -0.05) is 13.8 Å². The van der Waals surface area contributed by atoms with E-state index in [1.54, 1.807) is 19.5 Å². The molecular formula is C13H21N3O. The number of aromatic nitrogens is 2. The highest BCUT2D eigenvalue weighted by molar-refractivity contribution is 5.22. The van der Waals surface area contributed by atoms with Crippen molar-refractivity contribution in [3.8, 4) is 5.88 Å². The quantitative estimate of drug-likeness (QED) is 0.821. The molecule has 0 radical (unpaired) electrons. The van der Waals surface area contributed by atoms with Crippen molar-refractivity contribution < 1.29 is 4.74 Å². The fourth-order valence-electron chi connectivity index (χ4n) is 2.35. The molecule has 1 aliphatic carbocycles. The molecule has 1 aromatic heterocycles. The van der Waals surface area contributed by atoms with Crippen LogP contribution in [0.5, 0.6) is 5.88 Å². The van der Waals surface area contributed by atoms with Crippen LogP contribution in [0.15, 0.2) is 12.4 Å². The third kappa shape index (κ3) is 2.75. The maximum atomic E-state index is 5.31. The van der Waals surface area contributed by atoms with Gasteiger partial charge in [0.05, 0.1) is 13.2 Å². The Morgan fingerprint density at radius 3 is 2.71 bits per heavy atom. The van der Waals surface area contributed by atoms with Crippen LogP contribution < -0.4 is 10.1 Å². The predicted octanol–water partition coefficient (Wildman–Crippen LogP) is 2.18. The molecule has 1 aliphatic rings. The summed E-state index contributed by atoms with van der Waals surface area (Å²) in [4.78, 5) is 8.69. The monoisotopic (exact) mass is 235 g/mol. The molecule has 1 fully saturated rings. The van der Waals surface area contributed by atoms with Gasteiger partial charge in [-0.3, -0.25) is 4.98 Å². The summed E-state index contributed by atoms with van der Waals surface area (Å²) in [5.74, 6) is 2.05. The minimum Gasteiger partial charge on any atom is -0.480 e. The zero-order chi connectivity index (χ0) is 12.3. The van der Waals surface area contributed by atoms with E-state index in [0.717, 1.165) is 18.2 Å². The van der Waals surface area contributed by atoms with Gasteiger partial charge in [-0.2, -0.15) is 0 Å². The van der Waals surface area contributed by atoms with Gasteiger partial charge in [0.25, 0.3) is 0 Å². The van der Waals surface area contributed by atoms with Crippen LogP contribution in [0, 0.1) is 11.8 Å². The predicted molar refractivity (Wildman–Crippen MR) is 66.9 cm³/mol. The smallest absolute Gasteiger partial charge is 0.237 e. The number of ether oxygens (including phenoxy) is 1. The van der Waals surface area contributed by atoms with Gasteiger partial charge in [0.1, 0.15) is 5.69 Å². The van der Waals surface area contributed by atoms with E-state index >= 15 is 0 Å². The average Bonchev–Trinajstić information content (AvgIpc) is 3.19. The van der Waals surface area contributed by atoms with E-state index in [1.807, 2.05) is 0 Å². The molecule has 0 aromatic carbocycles. The summed E-state index contributed by atoms with van der Waals surface area (Å²) in [5, 5.41) is 3.51. The maximum Gasteiger partial charge on any atom is 0.237 e. The molecular weight excluding hydrogens is 214 g/mol. The Balaban J connectivity index is 2.24. The van der Waals surface area contributed by atoms with Crippen molar-refractivity contribution in [3.05, 3.63) is 18.1 Å². The van der Waals surface area contributed by atoms with Crippen LogP contribution in [0.4, 0.5) is 0 Å². The number of hydrogen-bond donors (Lipinski definition) is 1. The highest BCUT2D eigenvalue weighted by Gasteiger charge is 2.35. The molecule has 0 amide bonds. The molecule has 1 saturated carbocycles. The average molecular weight is 235 g/mol. The molecule has 17 heavy (non-hydrogen) atoms. The number of nitrogens with one attached hydrogen (secondary N) is 1. The van der Waals surface area contributed by atoms with Gasteiger partial charge in [0, 0.05) is 12.4 Å². The molecule has 4 heteroatoms. The van der Waals surface area contributed by atoms with Crippen molar-refractivity contribution in [2.45, 2.75) is 32.7 Å². The molecule has 2 unspecified atom stereocenters. The minimum atomic E-state index is 0.246. The highest BCUT2D eigenvalue weighted by Crippen LogP contribution is 2.43. The van der Waals surface area contributed by atoms with Crippen molar-refractivity contribution in [1.82, 2.24) is 15.3 Å². The molecule has 0 saturated heterocycles. The van der Waals surface area contributed by atoms with Crippen LogP contribution in [-0.2, 0) is 0 Å². The highest BCUT2D eigenvalue weighted by atomic mass is 16.5. The van der Waals surface area contributed by atoms with Crippen molar-refractivity contribution >= 4 is 0 Å². The Bertz CT molecular complexity index is 365. The first-order valence-electron chi connectivity index (χ1n) is 6.36. The molecule has 4 nitrogen and oxygen atoms in total. The van der Waals surface area contributed by atoms with Gasteiger partial charge in [-0.15, -0.1) is 0 Å². The number of nitrogens with zero attached hydrogens (tertiary/aromatic N) is 2. The maximum absolute atomic E-state index is 5.31. The second kappa shape index (κ2) is 5.45. The van der Waals surface area contributed by atoms with Crippen LogP contribution >= 0.6 is 0 Å². The molecule has 2 rings (SSSR count). The zero-order valence-electron chi connectivity index (χ0n) is 10.8. The number of rotatable bonds is 6. The largest absolute Gasteiger partial charge is 0.480 e. The summed E-state index contributed by atoms with van der Waals surface area (Å²) >= 11 is 0. The van der Waals surface area contributed by atoms with Gasteiger partial charge < -0.3 is 10.1 Å². The van der Waals surface area contributed by atoms with E-state index in [2.05, 4.69) is 29.1 Å². The topological polar surface area (TPSA) is 47.0 Å². The van der Waals surface area contributed by atoms with E-state index in [9.17, 15) is 0 Å². The summed E-state index contributed by atoms with van der Waals surface area (Å²) < 4.78 is 5.31. The first-order chi connectivity index (χ1) is 8.27. The third-order valence-electron chi connectivity index (χ3n) is 3.49. The lowest BCUT2D eigenvalue weighted by Crippen LogP contribution is -2.29. The summed E-state index contributed by atoms with van der Waals surface area (Å²) in [5.41, 5.74) is 0.941. The van der Waals surface area contributed by atoms with E-state index in [-0.39, 0.29) is 6.04 Å². The van der Waals surface area contributed by atoms with Crippen LogP contribution in [0.25, 0.3) is 0 Å². The molecule has 0 spiro atoms. The van der Waals surface area contributed by atoms with E-state index in [4.69, 9.17) is 4.74 Å².